The number of rotatable bonds is 7. The molecule has 1 aliphatic rings. The van der Waals surface area contributed by atoms with Gasteiger partial charge in [0.05, 0.1) is 5.92 Å². The van der Waals surface area contributed by atoms with Crippen molar-refractivity contribution in [2.24, 2.45) is 11.7 Å². The highest BCUT2D eigenvalue weighted by Crippen LogP contribution is 2.12. The second-order valence-electron chi connectivity index (χ2n) is 8.83. The summed E-state index contributed by atoms with van der Waals surface area (Å²) < 4.78 is 0. The molecule has 0 spiro atoms. The summed E-state index contributed by atoms with van der Waals surface area (Å²) in [6.45, 7) is 4.70. The molecule has 0 saturated carbocycles. The predicted octanol–water partition coefficient (Wildman–Crippen LogP) is 0.0696. The van der Waals surface area contributed by atoms with E-state index in [2.05, 4.69) is 21.3 Å². The fourth-order valence-electron chi connectivity index (χ4n) is 3.61. The van der Waals surface area contributed by atoms with Crippen LogP contribution < -0.4 is 27.0 Å². The van der Waals surface area contributed by atoms with Crippen LogP contribution in [0.5, 0.6) is 0 Å². The molecule has 1 heterocycles. The number of nitrogens with one attached hydrogen (secondary N) is 4. The van der Waals surface area contributed by atoms with Crippen molar-refractivity contribution in [3.63, 3.8) is 0 Å². The van der Waals surface area contributed by atoms with Crippen LogP contribution in [0.4, 0.5) is 0 Å². The van der Waals surface area contributed by atoms with E-state index in [1.54, 1.807) is 19.1 Å². The molecule has 5 amide bonds. The Morgan fingerprint density at radius 3 is 2.06 bits per heavy atom. The third-order valence-corrected chi connectivity index (χ3v) is 5.88. The van der Waals surface area contributed by atoms with Crippen LogP contribution in [0.3, 0.4) is 0 Å². The fourth-order valence-corrected chi connectivity index (χ4v) is 3.61. The lowest BCUT2D eigenvalue weighted by Crippen LogP contribution is -2.55. The number of carbonyl (C=O) groups excluding carboxylic acids is 5. The summed E-state index contributed by atoms with van der Waals surface area (Å²) in [5.74, 6) is -2.96. The molecule has 1 aliphatic heterocycles. The number of hydrogen-bond donors (Lipinski definition) is 5. The fraction of sp³-hybridized carbons (Fsp3) is 0.480. The second-order valence-corrected chi connectivity index (χ2v) is 8.83. The summed E-state index contributed by atoms with van der Waals surface area (Å²) >= 11 is 0. The van der Waals surface area contributed by atoms with Gasteiger partial charge in [0.1, 0.15) is 18.1 Å². The number of nitrogens with two attached hydrogens (primary N) is 1. The Morgan fingerprint density at radius 1 is 0.829 bits per heavy atom. The van der Waals surface area contributed by atoms with Gasteiger partial charge in [-0.1, -0.05) is 49.4 Å². The molecule has 0 radical (unpaired) electrons. The number of allylic oxidation sites excluding steroid dienone is 1. The molecule has 1 aromatic carbocycles. The molecule has 0 aromatic heterocycles. The number of primary amides is 1. The van der Waals surface area contributed by atoms with Crippen LogP contribution in [0, 0.1) is 5.92 Å². The highest BCUT2D eigenvalue weighted by atomic mass is 16.2. The summed E-state index contributed by atoms with van der Waals surface area (Å²) in [6, 6.07) is 5.92. The Balaban J connectivity index is 2.32. The molecule has 2 rings (SSSR count). The van der Waals surface area contributed by atoms with Crippen molar-refractivity contribution in [3.8, 4) is 0 Å². The topological polar surface area (TPSA) is 159 Å². The lowest BCUT2D eigenvalue weighted by Gasteiger charge is -2.27. The quantitative estimate of drug-likeness (QED) is 0.345. The van der Waals surface area contributed by atoms with Gasteiger partial charge >= 0.3 is 0 Å². The number of amides is 5. The molecule has 0 bridgehead atoms. The Morgan fingerprint density at radius 2 is 1.43 bits per heavy atom. The molecule has 35 heavy (non-hydrogen) atoms. The van der Waals surface area contributed by atoms with Crippen LogP contribution in [-0.4, -0.2) is 53.7 Å². The molecule has 0 unspecified atom stereocenters. The summed E-state index contributed by atoms with van der Waals surface area (Å²) in [7, 11) is 0. The maximum absolute atomic E-state index is 13.3. The van der Waals surface area contributed by atoms with Crippen LogP contribution in [0.15, 0.2) is 42.5 Å². The first kappa shape index (κ1) is 27.6. The summed E-state index contributed by atoms with van der Waals surface area (Å²) in [5.41, 5.74) is 6.00. The highest BCUT2D eigenvalue weighted by Gasteiger charge is 2.32. The largest absolute Gasteiger partial charge is 0.370 e. The SMILES string of the molecule is C[C@@H]1C(=O)N[C@H](C)C(=O)N[C@H](C)C(=O)N[C@H](Cc2ccccc2)C(=O)N[C@@H]1C/C=C\CCC(N)=O. The number of carbonyl (C=O) groups is 5. The van der Waals surface area contributed by atoms with E-state index in [-0.39, 0.29) is 12.8 Å². The first-order chi connectivity index (χ1) is 16.6. The molecular formula is C25H35N5O5. The first-order valence-corrected chi connectivity index (χ1v) is 11.8. The van der Waals surface area contributed by atoms with Crippen molar-refractivity contribution in [1.82, 2.24) is 21.3 Å². The van der Waals surface area contributed by atoms with Crippen molar-refractivity contribution >= 4 is 29.5 Å². The minimum atomic E-state index is -0.918. The Hall–Kier alpha value is -3.69. The van der Waals surface area contributed by atoms with E-state index >= 15 is 0 Å². The highest BCUT2D eigenvalue weighted by molar-refractivity contribution is 5.95. The first-order valence-electron chi connectivity index (χ1n) is 11.8. The normalized spacial score (nSPS) is 26.4. The zero-order chi connectivity index (χ0) is 26.0. The molecule has 190 valence electrons. The molecule has 5 atom stereocenters. The van der Waals surface area contributed by atoms with E-state index < -0.39 is 59.6 Å². The second kappa shape index (κ2) is 13.3. The summed E-state index contributed by atoms with van der Waals surface area (Å²) in [6.07, 6.45) is 4.72. The number of hydrogen-bond acceptors (Lipinski definition) is 5. The van der Waals surface area contributed by atoms with Crippen LogP contribution >= 0.6 is 0 Å². The van der Waals surface area contributed by atoms with Gasteiger partial charge < -0.3 is 27.0 Å². The van der Waals surface area contributed by atoms with Gasteiger partial charge in [0.15, 0.2) is 0 Å². The molecule has 0 aliphatic carbocycles. The predicted molar refractivity (Wildman–Crippen MR) is 131 cm³/mol. The van der Waals surface area contributed by atoms with Gasteiger partial charge in [0, 0.05) is 18.9 Å². The third kappa shape index (κ3) is 8.88. The Labute approximate surface area is 205 Å². The molecule has 1 fully saturated rings. The van der Waals surface area contributed by atoms with Crippen LogP contribution in [0.25, 0.3) is 0 Å². The summed E-state index contributed by atoms with van der Waals surface area (Å²) in [4.78, 5) is 62.4. The van der Waals surface area contributed by atoms with E-state index in [1.807, 2.05) is 30.3 Å². The van der Waals surface area contributed by atoms with Crippen molar-refractivity contribution in [1.29, 1.82) is 0 Å². The van der Waals surface area contributed by atoms with E-state index in [0.717, 1.165) is 5.56 Å². The maximum atomic E-state index is 13.3. The maximum Gasteiger partial charge on any atom is 0.243 e. The van der Waals surface area contributed by atoms with Crippen LogP contribution in [-0.2, 0) is 30.4 Å². The van der Waals surface area contributed by atoms with E-state index in [4.69, 9.17) is 5.73 Å². The smallest absolute Gasteiger partial charge is 0.243 e. The van der Waals surface area contributed by atoms with Gasteiger partial charge in [-0.2, -0.15) is 0 Å². The van der Waals surface area contributed by atoms with Gasteiger partial charge in [0.2, 0.25) is 29.5 Å². The van der Waals surface area contributed by atoms with Crippen LogP contribution in [0.2, 0.25) is 0 Å². The van der Waals surface area contributed by atoms with Gasteiger partial charge in [-0.05, 0) is 32.3 Å². The van der Waals surface area contributed by atoms with E-state index in [0.29, 0.717) is 12.8 Å². The van der Waals surface area contributed by atoms with E-state index in [9.17, 15) is 24.0 Å². The van der Waals surface area contributed by atoms with Crippen molar-refractivity contribution in [2.75, 3.05) is 0 Å². The van der Waals surface area contributed by atoms with Crippen molar-refractivity contribution in [2.45, 2.75) is 70.6 Å². The van der Waals surface area contributed by atoms with Gasteiger partial charge in [-0.3, -0.25) is 24.0 Å². The minimum Gasteiger partial charge on any atom is -0.370 e. The average Bonchev–Trinajstić information content (AvgIpc) is 2.81. The van der Waals surface area contributed by atoms with Crippen LogP contribution in [0.1, 0.15) is 45.6 Å². The lowest BCUT2D eigenvalue weighted by atomic mass is 9.96. The Bertz CT molecular complexity index is 949. The van der Waals surface area contributed by atoms with Crippen molar-refractivity contribution in [3.05, 3.63) is 48.0 Å². The number of benzene rings is 1. The summed E-state index contributed by atoms with van der Waals surface area (Å²) in [5, 5.41) is 10.9. The standard InChI is InChI=1S/C25H35N5O5/c1-15-19(12-8-5-9-13-21(26)31)29-25(35)20(14-18-10-6-4-7-11-18)30-24(34)17(3)28-23(33)16(2)27-22(15)32/h4-8,10-11,15-17,19-20H,9,12-14H2,1-3H3,(H2,26,31)(H,27,32)(H,28,33)(H,29,35)(H,30,34)/b8-5-/t15-,16+,17+,19+,20+/m0/s1. The molecule has 1 saturated heterocycles. The monoisotopic (exact) mass is 485 g/mol. The molecule has 10 heteroatoms. The van der Waals surface area contributed by atoms with E-state index in [1.165, 1.54) is 13.8 Å². The van der Waals surface area contributed by atoms with Crippen molar-refractivity contribution < 1.29 is 24.0 Å². The average molecular weight is 486 g/mol. The van der Waals surface area contributed by atoms with Gasteiger partial charge in [-0.15, -0.1) is 0 Å². The zero-order valence-electron chi connectivity index (χ0n) is 20.4. The lowest BCUT2D eigenvalue weighted by molar-refractivity contribution is -0.132. The molecule has 10 nitrogen and oxygen atoms in total. The third-order valence-electron chi connectivity index (χ3n) is 5.88. The molecule has 6 N–H and O–H groups in total. The Kier molecular flexibility index (Phi) is 10.4. The zero-order valence-corrected chi connectivity index (χ0v) is 20.4. The molecular weight excluding hydrogens is 450 g/mol. The minimum absolute atomic E-state index is 0.194. The molecule has 1 aromatic rings. The van der Waals surface area contributed by atoms with Gasteiger partial charge in [-0.25, -0.2) is 0 Å². The van der Waals surface area contributed by atoms with Gasteiger partial charge in [0.25, 0.3) is 0 Å².